The highest BCUT2D eigenvalue weighted by molar-refractivity contribution is 5.99. The van der Waals surface area contributed by atoms with Crippen molar-refractivity contribution in [2.24, 2.45) is 38.7 Å². The van der Waals surface area contributed by atoms with E-state index in [2.05, 4.69) is 41.6 Å². The topological polar surface area (TPSA) is 333 Å². The number of aliphatic imine (C=N–C) groups is 2. The Morgan fingerprint density at radius 2 is 1.17 bits per heavy atom. The third kappa shape index (κ3) is 15.0. The first kappa shape index (κ1) is 45.0. The zero-order chi connectivity index (χ0) is 42.7. The summed E-state index contributed by atoms with van der Waals surface area (Å²) in [5.74, 6) is -4.05. The van der Waals surface area contributed by atoms with E-state index in [0.29, 0.717) is 11.5 Å². The molecular formula is C40H52N13O6. The average molecular weight is 811 g/mol. The molecule has 6 amide bonds. The fourth-order valence-corrected chi connectivity index (χ4v) is 6.20. The minimum atomic E-state index is -1.26. The maximum Gasteiger partial charge on any atom is 0.243 e. The molecule has 16 N–H and O–H groups in total. The highest BCUT2D eigenvalue weighted by Gasteiger charge is 2.32. The molecule has 1 heterocycles. The zero-order valence-electron chi connectivity index (χ0n) is 32.5. The predicted molar refractivity (Wildman–Crippen MR) is 222 cm³/mol. The maximum absolute atomic E-state index is 14.2. The van der Waals surface area contributed by atoms with Gasteiger partial charge >= 0.3 is 0 Å². The molecule has 1 aliphatic carbocycles. The molecule has 4 rings (SSSR count). The van der Waals surface area contributed by atoms with Gasteiger partial charge in [-0.2, -0.15) is 0 Å². The Labute approximate surface area is 342 Å². The quantitative estimate of drug-likeness (QED) is 0.0284. The molecule has 1 aromatic heterocycles. The number of primary amides is 1. The van der Waals surface area contributed by atoms with Gasteiger partial charge in [-0.15, -0.1) is 0 Å². The summed E-state index contributed by atoms with van der Waals surface area (Å²) in [5.41, 5.74) is 29.9. The van der Waals surface area contributed by atoms with Gasteiger partial charge in [0.1, 0.15) is 24.2 Å². The average Bonchev–Trinajstić information content (AvgIpc) is 3.90. The number of aromatic nitrogens is 1. The first-order valence-electron chi connectivity index (χ1n) is 19.0. The van der Waals surface area contributed by atoms with Crippen LogP contribution < -0.4 is 55.3 Å². The molecule has 1 fully saturated rings. The standard InChI is InChI=1S/C40H52N13O6/c41-34(55)31(20-24-10-2-1-3-11-24)53-37(58)30(17-9-19-47-40(44)45)51-36(57)29(16-8-18-46-39(42)43)52-38(59)32(21-26-22-48-28-15-7-6-14-27(26)28)50-33(54)23-49-35(56)25-12-4-5-13-25/h1-7,10-15,22,29-32,48H,8-9,16-21,23H2,(H2,41,55)(H,49,56)(H,50,54)(H,51,57)(H,52,59)(H,53,58)(H4,42,43,46)(H4,44,45,47)/t29-,30-,31-,32-/m0/s1. The molecule has 19 nitrogen and oxygen atoms in total. The van der Waals surface area contributed by atoms with Crippen molar-refractivity contribution in [3.05, 3.63) is 104 Å². The lowest BCUT2D eigenvalue weighted by Gasteiger charge is -2.26. The van der Waals surface area contributed by atoms with Gasteiger partial charge in [0.25, 0.3) is 0 Å². The van der Waals surface area contributed by atoms with Crippen molar-refractivity contribution >= 4 is 58.3 Å². The normalized spacial score (nSPS) is 14.5. The molecule has 4 atom stereocenters. The summed E-state index contributed by atoms with van der Waals surface area (Å²) >= 11 is 0. The Morgan fingerprint density at radius 1 is 0.627 bits per heavy atom. The third-order valence-corrected chi connectivity index (χ3v) is 9.18. The maximum atomic E-state index is 14.2. The van der Waals surface area contributed by atoms with Crippen molar-refractivity contribution in [3.8, 4) is 0 Å². The van der Waals surface area contributed by atoms with Crippen LogP contribution in [0.1, 0.15) is 36.8 Å². The number of guanidine groups is 2. The number of nitrogens with zero attached hydrogens (tertiary/aromatic N) is 2. The first-order valence-corrected chi connectivity index (χ1v) is 19.0. The van der Waals surface area contributed by atoms with Crippen LogP contribution in [-0.4, -0.2) is 96.1 Å². The molecule has 5 radical (unpaired) electrons. The molecule has 1 aliphatic rings. The smallest absolute Gasteiger partial charge is 0.243 e. The molecule has 0 spiro atoms. The number of para-hydroxylation sites is 1. The predicted octanol–water partition coefficient (Wildman–Crippen LogP) is -1.99. The molecule has 19 heteroatoms. The van der Waals surface area contributed by atoms with E-state index in [-0.39, 0.29) is 63.5 Å². The van der Waals surface area contributed by atoms with Crippen LogP contribution in [0.4, 0.5) is 0 Å². The fourth-order valence-electron chi connectivity index (χ4n) is 6.20. The third-order valence-electron chi connectivity index (χ3n) is 9.18. The Kier molecular flexibility index (Phi) is 17.5. The Morgan fingerprint density at radius 3 is 1.75 bits per heavy atom. The summed E-state index contributed by atoms with van der Waals surface area (Å²) in [7, 11) is 0. The SMILES string of the molecule is NC(=O)[C@H](Cc1ccccc1)NC(=O)[C@H](CCCN=C(N)N)NC(=O)[C@H](CCCN=C(N)N)NC(=O)[C@H](Cc1c[nH]c2ccccc12)NC(=O)CNC(=O)[C]1[CH][CH][CH][CH]1. The molecule has 313 valence electrons. The van der Waals surface area contributed by atoms with Crippen LogP contribution in [0.2, 0.25) is 0 Å². The van der Waals surface area contributed by atoms with Crippen molar-refractivity contribution < 1.29 is 28.8 Å². The van der Waals surface area contributed by atoms with E-state index in [9.17, 15) is 28.8 Å². The van der Waals surface area contributed by atoms with E-state index in [4.69, 9.17) is 28.7 Å². The summed E-state index contributed by atoms with van der Waals surface area (Å²) in [4.78, 5) is 91.3. The number of fused-ring (bicyclic) bond motifs is 1. The summed E-state index contributed by atoms with van der Waals surface area (Å²) in [6, 6.07) is 11.5. The zero-order valence-corrected chi connectivity index (χ0v) is 32.5. The molecular weight excluding hydrogens is 759 g/mol. The lowest BCUT2D eigenvalue weighted by atomic mass is 10.0. The minimum absolute atomic E-state index is 0.00641. The number of amides is 6. The van der Waals surface area contributed by atoms with Gasteiger partial charge in [-0.05, 0) is 68.6 Å². The first-order chi connectivity index (χ1) is 28.3. The molecule has 59 heavy (non-hydrogen) atoms. The van der Waals surface area contributed by atoms with E-state index in [1.54, 1.807) is 62.2 Å². The number of rotatable bonds is 23. The van der Waals surface area contributed by atoms with E-state index in [1.165, 1.54) is 0 Å². The van der Waals surface area contributed by atoms with Crippen LogP contribution in [0.15, 0.2) is 70.8 Å². The summed E-state index contributed by atoms with van der Waals surface area (Å²) in [6.07, 6.45) is 8.91. The number of carbonyl (C=O) groups is 6. The molecule has 1 saturated carbocycles. The summed E-state index contributed by atoms with van der Waals surface area (Å²) in [6.45, 7) is -0.188. The van der Waals surface area contributed by atoms with Crippen molar-refractivity contribution in [1.29, 1.82) is 0 Å². The van der Waals surface area contributed by atoms with Crippen LogP contribution in [-0.2, 0) is 41.6 Å². The van der Waals surface area contributed by atoms with E-state index in [0.717, 1.165) is 16.5 Å². The lowest BCUT2D eigenvalue weighted by molar-refractivity contribution is -0.134. The number of nitrogens with two attached hydrogens (primary N) is 5. The van der Waals surface area contributed by atoms with Gasteiger partial charge in [-0.3, -0.25) is 38.8 Å². The molecule has 0 saturated heterocycles. The summed E-state index contributed by atoms with van der Waals surface area (Å²) in [5, 5.41) is 14.1. The van der Waals surface area contributed by atoms with Gasteiger partial charge in [0.15, 0.2) is 11.9 Å². The van der Waals surface area contributed by atoms with Gasteiger partial charge in [-0.25, -0.2) is 0 Å². The van der Waals surface area contributed by atoms with Gasteiger partial charge in [0.05, 0.1) is 12.5 Å². The number of nitrogens with one attached hydrogen (secondary N) is 6. The van der Waals surface area contributed by atoms with Crippen molar-refractivity contribution in [2.75, 3.05) is 19.6 Å². The van der Waals surface area contributed by atoms with E-state index < -0.39 is 66.2 Å². The van der Waals surface area contributed by atoms with Crippen molar-refractivity contribution in [3.63, 3.8) is 0 Å². The molecule has 0 unspecified atom stereocenters. The van der Waals surface area contributed by atoms with Gasteiger partial charge in [0.2, 0.25) is 35.4 Å². The minimum Gasteiger partial charge on any atom is -0.370 e. The number of H-pyrrole nitrogens is 1. The second-order valence-corrected chi connectivity index (χ2v) is 13.7. The number of hydrogen-bond donors (Lipinski definition) is 11. The molecule has 0 bridgehead atoms. The fraction of sp³-hybridized carbons (Fsp3) is 0.325. The molecule has 2 aromatic carbocycles. The van der Waals surface area contributed by atoms with Gasteiger partial charge < -0.3 is 60.2 Å². The van der Waals surface area contributed by atoms with Crippen LogP contribution in [0.3, 0.4) is 0 Å². The highest BCUT2D eigenvalue weighted by Crippen LogP contribution is 2.23. The van der Waals surface area contributed by atoms with E-state index >= 15 is 0 Å². The van der Waals surface area contributed by atoms with Crippen LogP contribution in [0, 0.1) is 31.6 Å². The monoisotopic (exact) mass is 810 g/mol. The van der Waals surface area contributed by atoms with Crippen LogP contribution >= 0.6 is 0 Å². The highest BCUT2D eigenvalue weighted by atomic mass is 16.2. The summed E-state index contributed by atoms with van der Waals surface area (Å²) < 4.78 is 0. The van der Waals surface area contributed by atoms with E-state index in [1.807, 2.05) is 24.3 Å². The van der Waals surface area contributed by atoms with Crippen molar-refractivity contribution in [1.82, 2.24) is 31.6 Å². The number of hydrogen-bond acceptors (Lipinski definition) is 8. The second-order valence-electron chi connectivity index (χ2n) is 13.7. The number of aromatic amines is 1. The van der Waals surface area contributed by atoms with Gasteiger partial charge in [-0.1, -0.05) is 48.5 Å². The second kappa shape index (κ2) is 22.9. The van der Waals surface area contributed by atoms with Gasteiger partial charge in [0, 0.05) is 43.0 Å². The Balaban J connectivity index is 1.56. The molecule has 0 aliphatic heterocycles. The largest absolute Gasteiger partial charge is 0.370 e. The van der Waals surface area contributed by atoms with Crippen molar-refractivity contribution in [2.45, 2.75) is 62.7 Å². The lowest BCUT2D eigenvalue weighted by Crippen LogP contribution is -2.58. The molecule has 3 aromatic rings. The van der Waals surface area contributed by atoms with Crippen LogP contribution in [0.5, 0.6) is 0 Å². The Bertz CT molecular complexity index is 1950. The number of carbonyl (C=O) groups excluding carboxylic acids is 6. The van der Waals surface area contributed by atoms with Crippen LogP contribution in [0.25, 0.3) is 10.9 Å². The Hall–Kier alpha value is -6.66. The number of benzene rings is 2.